The lowest BCUT2D eigenvalue weighted by atomic mass is 10.2. The Morgan fingerprint density at radius 3 is 2.23 bits per heavy atom. The maximum absolute atomic E-state index is 11.8. The van der Waals surface area contributed by atoms with Gasteiger partial charge in [0, 0.05) is 33.1 Å². The van der Waals surface area contributed by atoms with Crippen LogP contribution in [0.25, 0.3) is 0 Å². The number of carbonyl (C=O) groups excluding carboxylic acids is 2. The minimum absolute atomic E-state index is 0.164. The topological polar surface area (TPSA) is 59.1 Å². The summed E-state index contributed by atoms with van der Waals surface area (Å²) in [6.45, 7) is 0. The molecular formula is C14H18N2O4S2. The van der Waals surface area contributed by atoms with Gasteiger partial charge in [0.15, 0.2) is 0 Å². The zero-order valence-corrected chi connectivity index (χ0v) is 14.7. The van der Waals surface area contributed by atoms with E-state index in [4.69, 9.17) is 21.7 Å². The molecule has 0 heterocycles. The molecule has 6 nitrogen and oxygen atoms in total. The molecule has 8 heteroatoms. The monoisotopic (exact) mass is 342 g/mol. The summed E-state index contributed by atoms with van der Waals surface area (Å²) in [5.41, 5.74) is 0.288. The van der Waals surface area contributed by atoms with E-state index in [-0.39, 0.29) is 16.0 Å². The van der Waals surface area contributed by atoms with Gasteiger partial charge in [-0.25, -0.2) is 4.79 Å². The van der Waals surface area contributed by atoms with Crippen molar-refractivity contribution in [3.8, 4) is 5.75 Å². The minimum atomic E-state index is -0.514. The lowest BCUT2D eigenvalue weighted by Crippen LogP contribution is -2.25. The summed E-state index contributed by atoms with van der Waals surface area (Å²) in [4.78, 5) is 27.2. The predicted molar refractivity (Wildman–Crippen MR) is 89.6 cm³/mol. The summed E-state index contributed by atoms with van der Waals surface area (Å²) in [5.74, 6) is -0.143. The van der Waals surface area contributed by atoms with Gasteiger partial charge in [-0.05, 0) is 42.2 Å². The quantitative estimate of drug-likeness (QED) is 0.475. The Morgan fingerprint density at radius 1 is 1.09 bits per heavy atom. The number of hydrogen-bond donors (Lipinski definition) is 0. The molecule has 0 spiro atoms. The van der Waals surface area contributed by atoms with Crippen molar-refractivity contribution in [2.45, 2.75) is 4.90 Å². The maximum atomic E-state index is 11.8. The van der Waals surface area contributed by atoms with E-state index in [1.54, 1.807) is 45.2 Å². The van der Waals surface area contributed by atoms with E-state index in [2.05, 4.69) is 0 Å². The lowest BCUT2D eigenvalue weighted by molar-refractivity contribution is 0.0600. The van der Waals surface area contributed by atoms with E-state index < -0.39 is 5.97 Å². The van der Waals surface area contributed by atoms with Gasteiger partial charge in [0.05, 0.1) is 12.7 Å². The highest BCUT2D eigenvalue weighted by molar-refractivity contribution is 8.13. The molecule has 0 fully saturated rings. The molecule has 0 aliphatic rings. The van der Waals surface area contributed by atoms with Crippen LogP contribution >= 0.6 is 24.0 Å². The molecule has 0 unspecified atom stereocenters. The number of nitrogens with zero attached hydrogens (tertiary/aromatic N) is 2. The summed E-state index contributed by atoms with van der Waals surface area (Å²) >= 11 is 6.06. The first-order valence-electron chi connectivity index (χ1n) is 6.26. The highest BCUT2D eigenvalue weighted by atomic mass is 32.2. The fraction of sp³-hybridized carbons (Fsp3) is 0.357. The van der Waals surface area contributed by atoms with Gasteiger partial charge in [-0.15, -0.1) is 0 Å². The van der Waals surface area contributed by atoms with Crippen molar-refractivity contribution < 1.29 is 19.1 Å². The van der Waals surface area contributed by atoms with Gasteiger partial charge in [-0.1, -0.05) is 0 Å². The van der Waals surface area contributed by atoms with Crippen LogP contribution in [-0.4, -0.2) is 61.5 Å². The Bertz CT molecular complexity index is 548. The van der Waals surface area contributed by atoms with E-state index >= 15 is 0 Å². The second kappa shape index (κ2) is 8.00. The van der Waals surface area contributed by atoms with Crippen LogP contribution in [0.4, 0.5) is 4.79 Å². The van der Waals surface area contributed by atoms with Crippen molar-refractivity contribution in [3.63, 3.8) is 0 Å². The van der Waals surface area contributed by atoms with Crippen LogP contribution < -0.4 is 4.74 Å². The zero-order valence-electron chi connectivity index (χ0n) is 13.1. The predicted octanol–water partition coefficient (Wildman–Crippen LogP) is 2.47. The van der Waals surface area contributed by atoms with Gasteiger partial charge in [0.1, 0.15) is 5.75 Å². The Morgan fingerprint density at radius 2 is 1.73 bits per heavy atom. The number of thioether (sulfide) groups is 1. The second-order valence-electron chi connectivity index (χ2n) is 4.71. The van der Waals surface area contributed by atoms with Crippen LogP contribution in [-0.2, 0) is 4.74 Å². The van der Waals surface area contributed by atoms with Crippen molar-refractivity contribution in [1.29, 1.82) is 0 Å². The zero-order chi connectivity index (χ0) is 16.9. The molecule has 0 bridgehead atoms. The molecule has 0 saturated heterocycles. The number of esters is 1. The van der Waals surface area contributed by atoms with Gasteiger partial charge in [-0.2, -0.15) is 0 Å². The summed E-state index contributed by atoms with van der Waals surface area (Å²) in [5, 5.41) is 0.0834. The third-order valence-corrected chi connectivity index (χ3v) is 3.90. The molecule has 0 aromatic heterocycles. The Kier molecular flexibility index (Phi) is 6.63. The van der Waals surface area contributed by atoms with Crippen molar-refractivity contribution >= 4 is 40.4 Å². The van der Waals surface area contributed by atoms with Gasteiger partial charge in [0.2, 0.25) is 0 Å². The summed E-state index contributed by atoms with van der Waals surface area (Å²) < 4.78 is 10.2. The fourth-order valence-electron chi connectivity index (χ4n) is 1.31. The molecule has 1 amide bonds. The lowest BCUT2D eigenvalue weighted by Gasteiger charge is -2.16. The van der Waals surface area contributed by atoms with Crippen molar-refractivity contribution in [3.05, 3.63) is 23.8 Å². The molecule has 0 aliphatic carbocycles. The number of benzene rings is 1. The average Bonchev–Trinajstić information content (AvgIpc) is 2.45. The molecular weight excluding hydrogens is 324 g/mol. The highest BCUT2D eigenvalue weighted by Gasteiger charge is 2.14. The molecule has 1 rings (SSSR count). The van der Waals surface area contributed by atoms with Crippen LogP contribution in [0.2, 0.25) is 0 Å². The largest absolute Gasteiger partial charge is 0.465 e. The van der Waals surface area contributed by atoms with E-state index in [1.807, 2.05) is 0 Å². The van der Waals surface area contributed by atoms with Gasteiger partial charge in [-0.3, -0.25) is 4.79 Å². The fourth-order valence-corrected chi connectivity index (χ4v) is 2.15. The van der Waals surface area contributed by atoms with Gasteiger partial charge < -0.3 is 19.3 Å². The minimum Gasteiger partial charge on any atom is -0.465 e. The molecule has 0 aliphatic heterocycles. The van der Waals surface area contributed by atoms with E-state index in [1.165, 1.54) is 18.1 Å². The van der Waals surface area contributed by atoms with Gasteiger partial charge >= 0.3 is 5.97 Å². The number of carbonyl (C=O) groups is 2. The molecule has 22 heavy (non-hydrogen) atoms. The number of ether oxygens (including phenoxy) is 2. The van der Waals surface area contributed by atoms with E-state index in [9.17, 15) is 9.59 Å². The standard InChI is InChI=1S/C14H18N2O4S2/c1-15(2)13(18)22-11-7-9(12(17)19-5)6-10(8-11)20-14(21)16(3)4/h6-8H,1-5H3. The van der Waals surface area contributed by atoms with Crippen molar-refractivity contribution in [2.75, 3.05) is 35.3 Å². The number of amides is 1. The first kappa shape index (κ1) is 18.2. The third-order valence-electron chi connectivity index (χ3n) is 2.44. The van der Waals surface area contributed by atoms with Crippen LogP contribution in [0, 0.1) is 0 Å². The van der Waals surface area contributed by atoms with Crippen molar-refractivity contribution in [2.24, 2.45) is 0 Å². The summed E-state index contributed by atoms with van der Waals surface area (Å²) in [7, 11) is 8.09. The number of hydrogen-bond acceptors (Lipinski definition) is 6. The van der Waals surface area contributed by atoms with Crippen LogP contribution in [0.3, 0.4) is 0 Å². The normalized spacial score (nSPS) is 9.86. The first-order chi connectivity index (χ1) is 10.2. The Balaban J connectivity index is 3.13. The Hall–Kier alpha value is -1.80. The first-order valence-corrected chi connectivity index (χ1v) is 7.48. The average molecular weight is 342 g/mol. The van der Waals surface area contributed by atoms with Gasteiger partial charge in [0.25, 0.3) is 10.4 Å². The second-order valence-corrected chi connectivity index (χ2v) is 6.08. The number of rotatable bonds is 3. The molecule has 120 valence electrons. The molecule has 0 atom stereocenters. The third kappa shape index (κ3) is 5.19. The van der Waals surface area contributed by atoms with E-state index in [0.29, 0.717) is 10.6 Å². The number of thiocarbonyl (C=S) groups is 1. The highest BCUT2D eigenvalue weighted by Crippen LogP contribution is 2.27. The summed E-state index contributed by atoms with van der Waals surface area (Å²) in [6.07, 6.45) is 0. The molecule has 0 N–H and O–H groups in total. The van der Waals surface area contributed by atoms with Crippen molar-refractivity contribution in [1.82, 2.24) is 9.80 Å². The smallest absolute Gasteiger partial charge is 0.338 e. The summed E-state index contributed by atoms with van der Waals surface area (Å²) in [6, 6.07) is 4.74. The molecule has 0 saturated carbocycles. The van der Waals surface area contributed by atoms with Crippen LogP contribution in [0.1, 0.15) is 10.4 Å². The molecule has 1 aromatic rings. The maximum Gasteiger partial charge on any atom is 0.338 e. The molecule has 1 aromatic carbocycles. The van der Waals surface area contributed by atoms with Crippen LogP contribution in [0.5, 0.6) is 5.75 Å². The van der Waals surface area contributed by atoms with Crippen LogP contribution in [0.15, 0.2) is 23.1 Å². The number of methoxy groups -OCH3 is 1. The SMILES string of the molecule is COC(=O)c1cc(OC(=S)N(C)C)cc(SC(=O)N(C)C)c1. The van der Waals surface area contributed by atoms with E-state index in [0.717, 1.165) is 11.8 Å². The molecule has 0 radical (unpaired) electrons. The Labute approximate surface area is 139 Å².